The third-order valence-corrected chi connectivity index (χ3v) is 7.03. The molecule has 1 saturated carbocycles. The second-order valence-electron chi connectivity index (χ2n) is 8.39. The van der Waals surface area contributed by atoms with E-state index in [1.54, 1.807) is 0 Å². The molecule has 30 heavy (non-hydrogen) atoms. The molecule has 2 atom stereocenters. The van der Waals surface area contributed by atoms with Crippen molar-refractivity contribution in [2.75, 3.05) is 18.6 Å². The molecular formula is C23H35NO5S. The van der Waals surface area contributed by atoms with Crippen molar-refractivity contribution in [2.45, 2.75) is 90.1 Å². The van der Waals surface area contributed by atoms with Gasteiger partial charge in [0.2, 0.25) is 5.91 Å². The molecule has 3 rings (SSSR count). The molecule has 1 aliphatic carbocycles. The van der Waals surface area contributed by atoms with Gasteiger partial charge in [-0.1, -0.05) is 20.3 Å². The fourth-order valence-corrected chi connectivity index (χ4v) is 5.30. The first-order chi connectivity index (χ1) is 14.5. The Morgan fingerprint density at radius 1 is 1.23 bits per heavy atom. The number of hydrogen-bond acceptors (Lipinski definition) is 6. The smallest absolute Gasteiger partial charge is 0.350 e. The fourth-order valence-electron chi connectivity index (χ4n) is 4.50. The lowest BCUT2D eigenvalue weighted by molar-refractivity contribution is -0.193. The molecule has 0 spiro atoms. The Bertz CT molecular complexity index is 692. The Labute approximate surface area is 183 Å². The molecule has 1 amide bonds. The molecule has 168 valence electrons. The Hall–Kier alpha value is -1.44. The molecule has 1 aromatic heterocycles. The summed E-state index contributed by atoms with van der Waals surface area (Å²) >= 11 is 1.33. The summed E-state index contributed by atoms with van der Waals surface area (Å²) in [5.74, 6) is -0.363. The van der Waals surface area contributed by atoms with Crippen molar-refractivity contribution in [1.82, 2.24) is 0 Å². The fraction of sp³-hybridized carbons (Fsp3) is 0.739. The molecule has 0 bridgehead atoms. The molecule has 2 unspecified atom stereocenters. The van der Waals surface area contributed by atoms with Crippen LogP contribution in [0.3, 0.4) is 0 Å². The van der Waals surface area contributed by atoms with E-state index in [2.05, 4.69) is 6.92 Å². The highest BCUT2D eigenvalue weighted by atomic mass is 32.1. The maximum absolute atomic E-state index is 13.4. The van der Waals surface area contributed by atoms with Crippen LogP contribution in [0.1, 0.15) is 81.3 Å². The molecule has 6 nitrogen and oxygen atoms in total. The first kappa shape index (κ1) is 23.2. The highest BCUT2D eigenvalue weighted by Crippen LogP contribution is 2.36. The van der Waals surface area contributed by atoms with E-state index in [0.717, 1.165) is 64.4 Å². The zero-order valence-corrected chi connectivity index (χ0v) is 19.2. The van der Waals surface area contributed by atoms with Gasteiger partial charge >= 0.3 is 5.97 Å². The number of carbonyl (C=O) groups is 2. The van der Waals surface area contributed by atoms with Crippen molar-refractivity contribution in [2.24, 2.45) is 5.92 Å². The van der Waals surface area contributed by atoms with E-state index in [1.807, 2.05) is 23.3 Å². The van der Waals surface area contributed by atoms with Crippen LogP contribution in [-0.4, -0.2) is 44.0 Å². The largest absolute Gasteiger partial charge is 0.465 e. The molecule has 0 N–H and O–H groups in total. The summed E-state index contributed by atoms with van der Waals surface area (Å²) in [6.07, 6.45) is 8.65. The highest BCUT2D eigenvalue weighted by Gasteiger charge is 2.35. The summed E-state index contributed by atoms with van der Waals surface area (Å²) in [6.45, 7) is 4.86. The summed E-state index contributed by atoms with van der Waals surface area (Å²) in [5, 5.41) is 1.86. The average molecular weight is 438 g/mol. The van der Waals surface area contributed by atoms with Crippen molar-refractivity contribution in [3.8, 4) is 0 Å². The Morgan fingerprint density at radius 3 is 2.63 bits per heavy atom. The number of hydrogen-bond donors (Lipinski definition) is 0. The van der Waals surface area contributed by atoms with Gasteiger partial charge in [0.05, 0.1) is 18.9 Å². The van der Waals surface area contributed by atoms with E-state index in [0.29, 0.717) is 10.6 Å². The third kappa shape index (κ3) is 5.62. The first-order valence-corrected chi connectivity index (χ1v) is 12.2. The van der Waals surface area contributed by atoms with Crippen molar-refractivity contribution in [3.63, 3.8) is 0 Å². The van der Waals surface area contributed by atoms with Crippen LogP contribution in [0.4, 0.5) is 5.69 Å². The van der Waals surface area contributed by atoms with Crippen LogP contribution in [0.15, 0.2) is 11.4 Å². The van der Waals surface area contributed by atoms with Crippen molar-refractivity contribution < 1.29 is 23.8 Å². The van der Waals surface area contributed by atoms with Gasteiger partial charge in [0.1, 0.15) is 4.88 Å². The van der Waals surface area contributed by atoms with Crippen LogP contribution in [0.25, 0.3) is 0 Å². The lowest BCUT2D eigenvalue weighted by atomic mass is 9.90. The maximum Gasteiger partial charge on any atom is 0.350 e. The molecule has 2 fully saturated rings. The molecule has 1 aliphatic heterocycles. The number of anilines is 1. The van der Waals surface area contributed by atoms with Gasteiger partial charge in [0.25, 0.3) is 0 Å². The van der Waals surface area contributed by atoms with Gasteiger partial charge in [0, 0.05) is 18.6 Å². The number of ether oxygens (including phenoxy) is 3. The number of thiophene rings is 1. The Kier molecular flexibility index (Phi) is 8.72. The van der Waals surface area contributed by atoms with E-state index >= 15 is 0 Å². The Morgan fingerprint density at radius 2 is 2.00 bits per heavy atom. The monoisotopic (exact) mass is 437 g/mol. The van der Waals surface area contributed by atoms with E-state index in [-0.39, 0.29) is 36.2 Å². The van der Waals surface area contributed by atoms with E-state index < -0.39 is 0 Å². The van der Waals surface area contributed by atoms with Gasteiger partial charge < -0.3 is 19.1 Å². The number of amides is 1. The summed E-state index contributed by atoms with van der Waals surface area (Å²) in [4.78, 5) is 28.1. The second-order valence-corrected chi connectivity index (χ2v) is 9.30. The van der Waals surface area contributed by atoms with Gasteiger partial charge in [-0.05, 0) is 62.8 Å². The van der Waals surface area contributed by atoms with E-state index in [1.165, 1.54) is 18.4 Å². The molecule has 0 radical (unpaired) electrons. The van der Waals surface area contributed by atoms with Crippen molar-refractivity contribution in [1.29, 1.82) is 0 Å². The lowest BCUT2D eigenvalue weighted by Gasteiger charge is -2.39. The van der Waals surface area contributed by atoms with Crippen molar-refractivity contribution >= 4 is 28.9 Å². The summed E-state index contributed by atoms with van der Waals surface area (Å²) in [7, 11) is 1.38. The van der Waals surface area contributed by atoms with Gasteiger partial charge in [-0.15, -0.1) is 11.3 Å². The standard InChI is InChI=1S/C23H35NO5S/c1-4-7-16(2)22(25)24(19-13-15-30-21(19)23(26)27-3)17-9-11-18(12-10-17)29-20-8-5-6-14-28-20/h13,15-18,20H,4-12,14H2,1-3H3. The Balaban J connectivity index is 1.72. The van der Waals surface area contributed by atoms with Crippen LogP contribution < -0.4 is 4.90 Å². The molecule has 0 aromatic carbocycles. The molecule has 1 aromatic rings. The van der Waals surface area contributed by atoms with Gasteiger partial charge in [0.15, 0.2) is 6.29 Å². The number of rotatable bonds is 8. The minimum atomic E-state index is -0.382. The number of carbonyl (C=O) groups excluding carboxylic acids is 2. The van der Waals surface area contributed by atoms with Crippen LogP contribution in [0.2, 0.25) is 0 Å². The predicted octanol–water partition coefficient (Wildman–Crippen LogP) is 5.16. The normalized spacial score (nSPS) is 25.5. The quantitative estimate of drug-likeness (QED) is 0.526. The lowest BCUT2D eigenvalue weighted by Crippen LogP contribution is -2.46. The van der Waals surface area contributed by atoms with Crippen LogP contribution in [-0.2, 0) is 19.0 Å². The third-order valence-electron chi connectivity index (χ3n) is 6.15. The minimum absolute atomic E-state index is 0.0712. The van der Waals surface area contributed by atoms with E-state index in [4.69, 9.17) is 14.2 Å². The zero-order valence-electron chi connectivity index (χ0n) is 18.4. The van der Waals surface area contributed by atoms with Crippen LogP contribution in [0, 0.1) is 5.92 Å². The summed E-state index contributed by atoms with van der Waals surface area (Å²) in [5.41, 5.74) is 0.694. The highest BCUT2D eigenvalue weighted by molar-refractivity contribution is 7.12. The van der Waals surface area contributed by atoms with Crippen molar-refractivity contribution in [3.05, 3.63) is 16.3 Å². The molecule has 2 heterocycles. The predicted molar refractivity (Wildman–Crippen MR) is 118 cm³/mol. The summed E-state index contributed by atoms with van der Waals surface area (Å²) in [6, 6.07) is 1.95. The number of esters is 1. The minimum Gasteiger partial charge on any atom is -0.465 e. The second kappa shape index (κ2) is 11.3. The molecule has 2 aliphatic rings. The van der Waals surface area contributed by atoms with Gasteiger partial charge in [-0.3, -0.25) is 4.79 Å². The SMILES string of the molecule is CCCC(C)C(=O)N(c1ccsc1C(=O)OC)C1CCC(OC2CCCCO2)CC1. The average Bonchev–Trinajstić information content (AvgIpc) is 3.24. The first-order valence-electron chi connectivity index (χ1n) is 11.3. The topological polar surface area (TPSA) is 65.1 Å². The number of methoxy groups -OCH3 is 1. The molecule has 1 saturated heterocycles. The number of nitrogens with zero attached hydrogens (tertiary/aromatic N) is 1. The van der Waals surface area contributed by atoms with E-state index in [9.17, 15) is 9.59 Å². The molecule has 7 heteroatoms. The van der Waals surface area contributed by atoms with Crippen LogP contribution in [0.5, 0.6) is 0 Å². The van der Waals surface area contributed by atoms with Crippen LogP contribution >= 0.6 is 11.3 Å². The van der Waals surface area contributed by atoms with Gasteiger partial charge in [-0.25, -0.2) is 4.79 Å². The maximum atomic E-state index is 13.4. The van der Waals surface area contributed by atoms with Gasteiger partial charge in [-0.2, -0.15) is 0 Å². The zero-order chi connectivity index (χ0) is 21.5. The summed E-state index contributed by atoms with van der Waals surface area (Å²) < 4.78 is 16.9. The molecular weight excluding hydrogens is 402 g/mol.